The van der Waals surface area contributed by atoms with E-state index in [0.29, 0.717) is 20.6 Å². The van der Waals surface area contributed by atoms with Crippen LogP contribution in [0.1, 0.15) is 21.5 Å². The van der Waals surface area contributed by atoms with E-state index in [1.54, 1.807) is 24.3 Å². The van der Waals surface area contributed by atoms with E-state index in [0.717, 1.165) is 5.56 Å². The van der Waals surface area contributed by atoms with E-state index in [9.17, 15) is 19.2 Å². The molecule has 1 amide bonds. The van der Waals surface area contributed by atoms with Crippen LogP contribution in [0.5, 0.6) is 11.5 Å². The molecule has 0 aliphatic carbocycles. The topological polar surface area (TPSA) is 109 Å². The fourth-order valence-electron chi connectivity index (χ4n) is 2.94. The second-order valence-electron chi connectivity index (χ2n) is 6.96. The van der Waals surface area contributed by atoms with Crippen molar-refractivity contribution in [3.63, 3.8) is 0 Å². The molecule has 9 heteroatoms. The summed E-state index contributed by atoms with van der Waals surface area (Å²) in [5.74, 6) is -1.28. The van der Waals surface area contributed by atoms with Gasteiger partial charge >= 0.3 is 5.97 Å². The van der Waals surface area contributed by atoms with Gasteiger partial charge in [0, 0.05) is 5.69 Å². The predicted octanol–water partition coefficient (Wildman–Crippen LogP) is 5.26. The van der Waals surface area contributed by atoms with Crippen molar-refractivity contribution in [2.45, 2.75) is 6.61 Å². The van der Waals surface area contributed by atoms with Crippen LogP contribution < -0.4 is 14.8 Å². The Kier molecular flexibility index (Phi) is 8.21. The molecule has 2 N–H and O–H groups in total. The van der Waals surface area contributed by atoms with Crippen LogP contribution in [0.25, 0.3) is 6.08 Å². The summed E-state index contributed by atoms with van der Waals surface area (Å²) in [7, 11) is 1.47. The van der Waals surface area contributed by atoms with Crippen molar-refractivity contribution in [2.24, 2.45) is 0 Å². The van der Waals surface area contributed by atoms with E-state index >= 15 is 0 Å². The van der Waals surface area contributed by atoms with Crippen molar-refractivity contribution in [2.75, 3.05) is 12.4 Å². The molecule has 0 fully saturated rings. The van der Waals surface area contributed by atoms with Crippen molar-refractivity contribution in [1.29, 1.82) is 5.26 Å². The molecule has 0 unspecified atom stereocenters. The zero-order valence-electron chi connectivity index (χ0n) is 17.8. The van der Waals surface area contributed by atoms with Gasteiger partial charge in [0.2, 0.25) is 0 Å². The number of carboxylic acids is 1. The number of ether oxygens (including phenoxy) is 2. The Hall–Kier alpha value is -3.91. The van der Waals surface area contributed by atoms with Gasteiger partial charge in [-0.3, -0.25) is 4.79 Å². The molecular formula is C25H18FIN2O5. The minimum absolute atomic E-state index is 0.0100. The number of carbonyl (C=O) groups is 2. The molecule has 0 spiro atoms. The zero-order chi connectivity index (χ0) is 24.7. The fourth-order valence-corrected chi connectivity index (χ4v) is 3.72. The van der Waals surface area contributed by atoms with Gasteiger partial charge in [-0.25, -0.2) is 9.18 Å². The van der Waals surface area contributed by atoms with Gasteiger partial charge in [-0.1, -0.05) is 18.2 Å². The Balaban J connectivity index is 1.81. The van der Waals surface area contributed by atoms with Gasteiger partial charge in [0.15, 0.2) is 11.5 Å². The van der Waals surface area contributed by atoms with Crippen molar-refractivity contribution >= 4 is 46.2 Å². The lowest BCUT2D eigenvalue weighted by molar-refractivity contribution is -0.112. The van der Waals surface area contributed by atoms with Crippen LogP contribution in [0.3, 0.4) is 0 Å². The Morgan fingerprint density at radius 3 is 2.56 bits per heavy atom. The van der Waals surface area contributed by atoms with E-state index in [1.807, 2.05) is 6.07 Å². The Bertz CT molecular complexity index is 1300. The summed E-state index contributed by atoms with van der Waals surface area (Å²) in [6.45, 7) is 0.198. The summed E-state index contributed by atoms with van der Waals surface area (Å²) in [6.07, 6.45) is 1.39. The van der Waals surface area contributed by atoms with Crippen LogP contribution >= 0.6 is 22.6 Å². The first-order chi connectivity index (χ1) is 16.3. The van der Waals surface area contributed by atoms with E-state index in [1.165, 1.54) is 49.6 Å². The summed E-state index contributed by atoms with van der Waals surface area (Å²) in [5.41, 5.74) is 1.39. The number of rotatable bonds is 8. The number of carbonyl (C=O) groups excluding carboxylic acids is 1. The number of nitriles is 1. The van der Waals surface area contributed by atoms with Crippen molar-refractivity contribution in [3.8, 4) is 17.6 Å². The Labute approximate surface area is 208 Å². The van der Waals surface area contributed by atoms with E-state index in [-0.39, 0.29) is 29.2 Å². The zero-order valence-corrected chi connectivity index (χ0v) is 20.0. The van der Waals surface area contributed by atoms with Gasteiger partial charge in [0.1, 0.15) is 24.1 Å². The second-order valence-corrected chi connectivity index (χ2v) is 8.12. The van der Waals surface area contributed by atoms with Crippen LogP contribution in [0.15, 0.2) is 66.2 Å². The lowest BCUT2D eigenvalue weighted by atomic mass is 10.1. The second kappa shape index (κ2) is 11.3. The quantitative estimate of drug-likeness (QED) is 0.217. The summed E-state index contributed by atoms with van der Waals surface area (Å²) in [6, 6.07) is 16.9. The number of methoxy groups -OCH3 is 1. The first-order valence-electron chi connectivity index (χ1n) is 9.82. The minimum Gasteiger partial charge on any atom is -0.493 e. The molecule has 0 atom stereocenters. The van der Waals surface area contributed by atoms with E-state index in [2.05, 4.69) is 27.9 Å². The average molecular weight is 572 g/mol. The number of nitrogens with one attached hydrogen (secondary N) is 1. The minimum atomic E-state index is -1.13. The maximum Gasteiger partial charge on any atom is 0.335 e. The van der Waals surface area contributed by atoms with E-state index < -0.39 is 11.9 Å². The molecule has 0 aliphatic heterocycles. The van der Waals surface area contributed by atoms with Crippen molar-refractivity contribution in [3.05, 3.63) is 92.3 Å². The molecule has 0 aromatic heterocycles. The van der Waals surface area contributed by atoms with Gasteiger partial charge < -0.3 is 19.9 Å². The summed E-state index contributed by atoms with van der Waals surface area (Å²) >= 11 is 2.05. The molecule has 3 aromatic rings. The average Bonchev–Trinajstić information content (AvgIpc) is 2.82. The molecular weight excluding hydrogens is 554 g/mol. The molecule has 0 heterocycles. The number of hydrogen-bond acceptors (Lipinski definition) is 5. The van der Waals surface area contributed by atoms with Gasteiger partial charge in [-0.05, 0) is 82.3 Å². The highest BCUT2D eigenvalue weighted by atomic mass is 127. The molecule has 0 radical (unpaired) electrons. The number of anilines is 1. The predicted molar refractivity (Wildman–Crippen MR) is 132 cm³/mol. The maximum atomic E-state index is 13.1. The van der Waals surface area contributed by atoms with Gasteiger partial charge in [0.25, 0.3) is 5.91 Å². The number of carboxylic acid groups (broad SMARTS) is 1. The number of halogens is 2. The number of aromatic carboxylic acids is 1. The number of nitrogens with zero attached hydrogens (tertiary/aromatic N) is 1. The van der Waals surface area contributed by atoms with Crippen LogP contribution in [0.2, 0.25) is 0 Å². The highest BCUT2D eigenvalue weighted by Crippen LogP contribution is 2.35. The third kappa shape index (κ3) is 6.32. The molecule has 34 heavy (non-hydrogen) atoms. The highest BCUT2D eigenvalue weighted by molar-refractivity contribution is 14.1. The lowest BCUT2D eigenvalue weighted by Crippen LogP contribution is -2.14. The van der Waals surface area contributed by atoms with Gasteiger partial charge in [0.05, 0.1) is 16.2 Å². The highest BCUT2D eigenvalue weighted by Gasteiger charge is 2.15. The fraction of sp³-hybridized carbons (Fsp3) is 0.0800. The third-order valence-corrected chi connectivity index (χ3v) is 5.39. The maximum absolute atomic E-state index is 13.1. The largest absolute Gasteiger partial charge is 0.493 e. The number of amides is 1. The van der Waals surface area contributed by atoms with Crippen molar-refractivity contribution < 1.29 is 28.6 Å². The van der Waals surface area contributed by atoms with E-state index in [4.69, 9.17) is 14.6 Å². The summed E-state index contributed by atoms with van der Waals surface area (Å²) in [5, 5.41) is 21.1. The van der Waals surface area contributed by atoms with Gasteiger partial charge in [-0.2, -0.15) is 5.26 Å². The van der Waals surface area contributed by atoms with Crippen LogP contribution in [-0.4, -0.2) is 24.1 Å². The number of benzene rings is 3. The monoisotopic (exact) mass is 572 g/mol. The van der Waals surface area contributed by atoms with Gasteiger partial charge in [-0.15, -0.1) is 0 Å². The first-order valence-corrected chi connectivity index (χ1v) is 10.9. The Morgan fingerprint density at radius 1 is 1.18 bits per heavy atom. The van der Waals surface area contributed by atoms with Crippen LogP contribution in [-0.2, 0) is 11.4 Å². The molecule has 172 valence electrons. The SMILES string of the molecule is COc1cc(/C=C(/C#N)C(=O)Nc2cccc(C(=O)O)c2)cc(I)c1OCc1ccc(F)cc1. The lowest BCUT2D eigenvalue weighted by Gasteiger charge is -2.14. The molecule has 3 aromatic carbocycles. The van der Waals surface area contributed by atoms with Crippen molar-refractivity contribution in [1.82, 2.24) is 0 Å². The first kappa shape index (κ1) is 24.7. The molecule has 0 saturated heterocycles. The smallest absolute Gasteiger partial charge is 0.335 e. The molecule has 0 saturated carbocycles. The molecule has 0 aliphatic rings. The van der Waals surface area contributed by atoms with Crippen LogP contribution in [0.4, 0.5) is 10.1 Å². The molecule has 7 nitrogen and oxygen atoms in total. The molecule has 3 rings (SSSR count). The summed E-state index contributed by atoms with van der Waals surface area (Å²) < 4.78 is 25.1. The van der Waals surface area contributed by atoms with Crippen LogP contribution in [0, 0.1) is 20.7 Å². The number of hydrogen-bond donors (Lipinski definition) is 2. The standard InChI is InChI=1S/C25H18FIN2O5/c1-33-22-11-16(10-21(27)23(22)34-14-15-5-7-19(26)8-6-15)9-18(13-28)24(30)29-20-4-2-3-17(12-20)25(31)32/h2-12H,14H2,1H3,(H,29,30)(H,31,32)/b18-9-. The third-order valence-electron chi connectivity index (χ3n) is 4.59. The Morgan fingerprint density at radius 2 is 1.91 bits per heavy atom. The summed E-state index contributed by atoms with van der Waals surface area (Å²) in [4.78, 5) is 23.7. The normalized spacial score (nSPS) is 10.8. The molecule has 0 bridgehead atoms.